The van der Waals surface area contributed by atoms with Crippen LogP contribution in [0.1, 0.15) is 5.56 Å². The number of aromatic nitrogens is 3. The van der Waals surface area contributed by atoms with Gasteiger partial charge < -0.3 is 19.4 Å². The lowest BCUT2D eigenvalue weighted by Crippen LogP contribution is -2.15. The maximum absolute atomic E-state index is 13.9. The molecule has 2 aromatic carbocycles. The Labute approximate surface area is 164 Å². The summed E-state index contributed by atoms with van der Waals surface area (Å²) in [5.74, 6) is 1.31. The van der Waals surface area contributed by atoms with Crippen molar-refractivity contribution in [2.24, 2.45) is 7.05 Å². The van der Waals surface area contributed by atoms with E-state index in [2.05, 4.69) is 15.5 Å². The Kier molecular flexibility index (Phi) is 4.91. The first-order valence-corrected chi connectivity index (χ1v) is 9.48. The number of carbonyl (C=O) groups is 1. The number of ether oxygens (including phenoxy) is 2. The molecule has 2 heterocycles. The molecule has 0 unspecified atom stereocenters. The van der Waals surface area contributed by atoms with Crippen LogP contribution in [0.3, 0.4) is 0 Å². The predicted octanol–water partition coefficient (Wildman–Crippen LogP) is 3.39. The van der Waals surface area contributed by atoms with E-state index < -0.39 is 5.82 Å². The molecule has 0 spiro atoms. The van der Waals surface area contributed by atoms with Gasteiger partial charge in [-0.15, -0.1) is 10.2 Å². The number of aryl methyl sites for hydroxylation is 1. The molecule has 1 N–H and O–H groups in total. The zero-order valence-corrected chi connectivity index (χ0v) is 16.0. The topological polar surface area (TPSA) is 78.3 Å². The van der Waals surface area contributed by atoms with Gasteiger partial charge in [0.2, 0.25) is 12.7 Å². The van der Waals surface area contributed by atoms with E-state index in [1.165, 1.54) is 17.8 Å². The van der Waals surface area contributed by atoms with E-state index in [1.807, 2.05) is 25.2 Å². The molecule has 0 fully saturated rings. The van der Waals surface area contributed by atoms with Crippen molar-refractivity contribution in [2.45, 2.75) is 12.1 Å². The summed E-state index contributed by atoms with van der Waals surface area (Å²) in [4.78, 5) is 12.2. The van der Waals surface area contributed by atoms with E-state index >= 15 is 0 Å². The molecule has 0 radical (unpaired) electrons. The van der Waals surface area contributed by atoms with E-state index in [4.69, 9.17) is 9.47 Å². The zero-order valence-electron chi connectivity index (χ0n) is 15.2. The average Bonchev–Trinajstić information content (AvgIpc) is 3.28. The standard InChI is InChI=1S/C19H17FN4O3S/c1-11-3-5-14(13(20)7-11)21-17(25)9-28-19-23-22-18(24(19)2)12-4-6-15-16(8-12)27-10-26-15/h3-8H,9-10H2,1-2H3,(H,21,25). The molecule has 3 aromatic rings. The summed E-state index contributed by atoms with van der Waals surface area (Å²) in [5.41, 5.74) is 1.78. The van der Waals surface area contributed by atoms with Gasteiger partial charge in [0, 0.05) is 12.6 Å². The fourth-order valence-corrected chi connectivity index (χ4v) is 3.48. The first-order chi connectivity index (χ1) is 13.5. The number of nitrogens with zero attached hydrogens (tertiary/aromatic N) is 3. The second-order valence-corrected chi connectivity index (χ2v) is 7.20. The summed E-state index contributed by atoms with van der Waals surface area (Å²) in [6.07, 6.45) is 0. The minimum absolute atomic E-state index is 0.0838. The van der Waals surface area contributed by atoms with Crippen molar-refractivity contribution >= 4 is 23.4 Å². The quantitative estimate of drug-likeness (QED) is 0.662. The Balaban J connectivity index is 1.42. The monoisotopic (exact) mass is 400 g/mol. The summed E-state index contributed by atoms with van der Waals surface area (Å²) in [6, 6.07) is 10.2. The van der Waals surface area contributed by atoms with Crippen molar-refractivity contribution in [1.29, 1.82) is 0 Å². The molecule has 0 saturated carbocycles. The highest BCUT2D eigenvalue weighted by molar-refractivity contribution is 7.99. The summed E-state index contributed by atoms with van der Waals surface area (Å²) in [5, 5.41) is 11.5. The number of anilines is 1. The second kappa shape index (κ2) is 7.51. The minimum Gasteiger partial charge on any atom is -0.454 e. The lowest BCUT2D eigenvalue weighted by molar-refractivity contribution is -0.113. The molecule has 0 aliphatic carbocycles. The highest BCUT2D eigenvalue weighted by atomic mass is 32.2. The van der Waals surface area contributed by atoms with Gasteiger partial charge in [-0.05, 0) is 42.8 Å². The van der Waals surface area contributed by atoms with Crippen LogP contribution in [0.4, 0.5) is 10.1 Å². The highest BCUT2D eigenvalue weighted by Gasteiger charge is 2.18. The van der Waals surface area contributed by atoms with Crippen LogP contribution in [0, 0.1) is 12.7 Å². The van der Waals surface area contributed by atoms with Gasteiger partial charge in [0.25, 0.3) is 0 Å². The molecular weight excluding hydrogens is 383 g/mol. The Bertz CT molecular complexity index is 1050. The Morgan fingerprint density at radius 1 is 1.21 bits per heavy atom. The molecule has 0 atom stereocenters. The number of carbonyl (C=O) groups excluding carboxylic acids is 1. The number of halogens is 1. The van der Waals surface area contributed by atoms with Crippen LogP contribution in [0.25, 0.3) is 11.4 Å². The maximum Gasteiger partial charge on any atom is 0.234 e. The largest absolute Gasteiger partial charge is 0.454 e. The van der Waals surface area contributed by atoms with Crippen molar-refractivity contribution in [2.75, 3.05) is 17.9 Å². The summed E-state index contributed by atoms with van der Waals surface area (Å²) >= 11 is 1.22. The van der Waals surface area contributed by atoms with Gasteiger partial charge in [-0.25, -0.2) is 4.39 Å². The number of amides is 1. The molecular formula is C19H17FN4O3S. The minimum atomic E-state index is -0.456. The average molecular weight is 400 g/mol. The van der Waals surface area contributed by atoms with E-state index in [0.29, 0.717) is 22.5 Å². The van der Waals surface area contributed by atoms with Crippen LogP contribution in [-0.2, 0) is 11.8 Å². The van der Waals surface area contributed by atoms with Crippen molar-refractivity contribution < 1.29 is 18.7 Å². The lowest BCUT2D eigenvalue weighted by atomic mass is 10.2. The van der Waals surface area contributed by atoms with Gasteiger partial charge in [0.15, 0.2) is 22.5 Å². The molecule has 28 heavy (non-hydrogen) atoms. The SMILES string of the molecule is Cc1ccc(NC(=O)CSc2nnc(-c3ccc4c(c3)OCO4)n2C)c(F)c1. The Morgan fingerprint density at radius 3 is 2.86 bits per heavy atom. The van der Waals surface area contributed by atoms with Crippen molar-refractivity contribution in [3.63, 3.8) is 0 Å². The molecule has 9 heteroatoms. The highest BCUT2D eigenvalue weighted by Crippen LogP contribution is 2.35. The number of hydrogen-bond donors (Lipinski definition) is 1. The zero-order chi connectivity index (χ0) is 19.7. The summed E-state index contributed by atoms with van der Waals surface area (Å²) in [6.45, 7) is 1.99. The first-order valence-electron chi connectivity index (χ1n) is 8.49. The van der Waals surface area contributed by atoms with Crippen LogP contribution in [0.2, 0.25) is 0 Å². The van der Waals surface area contributed by atoms with Gasteiger partial charge in [0.1, 0.15) is 5.82 Å². The van der Waals surface area contributed by atoms with Crippen molar-refractivity contribution in [3.8, 4) is 22.9 Å². The van der Waals surface area contributed by atoms with Gasteiger partial charge >= 0.3 is 0 Å². The van der Waals surface area contributed by atoms with Gasteiger partial charge in [0.05, 0.1) is 11.4 Å². The fourth-order valence-electron chi connectivity index (χ4n) is 2.77. The molecule has 4 rings (SSSR count). The van der Waals surface area contributed by atoms with Crippen LogP contribution in [0.5, 0.6) is 11.5 Å². The fraction of sp³-hybridized carbons (Fsp3) is 0.211. The van der Waals surface area contributed by atoms with Crippen LogP contribution < -0.4 is 14.8 Å². The lowest BCUT2D eigenvalue weighted by Gasteiger charge is -2.07. The number of hydrogen-bond acceptors (Lipinski definition) is 6. The number of thioether (sulfide) groups is 1. The Hall–Kier alpha value is -3.07. The molecule has 0 bridgehead atoms. The van der Waals surface area contributed by atoms with Crippen LogP contribution in [0.15, 0.2) is 41.6 Å². The number of benzene rings is 2. The number of nitrogens with one attached hydrogen (secondary N) is 1. The number of fused-ring (bicyclic) bond motifs is 1. The van der Waals surface area contributed by atoms with Gasteiger partial charge in [-0.2, -0.15) is 0 Å². The van der Waals surface area contributed by atoms with Crippen LogP contribution in [-0.4, -0.2) is 33.2 Å². The van der Waals surface area contributed by atoms with E-state index in [0.717, 1.165) is 11.1 Å². The smallest absolute Gasteiger partial charge is 0.234 e. The summed E-state index contributed by atoms with van der Waals surface area (Å²) in [7, 11) is 1.82. The number of rotatable bonds is 5. The van der Waals surface area contributed by atoms with Gasteiger partial charge in [-0.1, -0.05) is 17.8 Å². The molecule has 1 aliphatic rings. The Morgan fingerprint density at radius 2 is 2.04 bits per heavy atom. The molecule has 7 nitrogen and oxygen atoms in total. The molecule has 1 aromatic heterocycles. The maximum atomic E-state index is 13.9. The van der Waals surface area contributed by atoms with Crippen molar-refractivity contribution in [3.05, 3.63) is 47.8 Å². The normalized spacial score (nSPS) is 12.2. The van der Waals surface area contributed by atoms with E-state index in [9.17, 15) is 9.18 Å². The molecule has 1 aliphatic heterocycles. The van der Waals surface area contributed by atoms with E-state index in [1.54, 1.807) is 23.6 Å². The third-order valence-electron chi connectivity index (χ3n) is 4.20. The second-order valence-electron chi connectivity index (χ2n) is 6.25. The summed E-state index contributed by atoms with van der Waals surface area (Å²) < 4.78 is 26.4. The molecule has 1 amide bonds. The third kappa shape index (κ3) is 3.65. The van der Waals surface area contributed by atoms with Crippen molar-refractivity contribution in [1.82, 2.24) is 14.8 Å². The van der Waals surface area contributed by atoms with Gasteiger partial charge in [-0.3, -0.25) is 4.79 Å². The first kappa shape index (κ1) is 18.3. The predicted molar refractivity (Wildman–Crippen MR) is 103 cm³/mol. The third-order valence-corrected chi connectivity index (χ3v) is 5.22. The van der Waals surface area contributed by atoms with Crippen LogP contribution >= 0.6 is 11.8 Å². The van der Waals surface area contributed by atoms with E-state index in [-0.39, 0.29) is 24.1 Å². The molecule has 0 saturated heterocycles. The molecule has 144 valence electrons.